The molecule has 0 radical (unpaired) electrons. The van der Waals surface area contributed by atoms with Gasteiger partial charge in [0.05, 0.1) is 18.4 Å². The van der Waals surface area contributed by atoms with E-state index in [1.807, 2.05) is 49.5 Å². The first-order valence-corrected chi connectivity index (χ1v) is 9.62. The standard InChI is InChI=1S/C22H24N4O2/c1-25-14-20(12-23-25)24-21(27)15-26-10-4-7-19(13-26)22(28)18-9-8-16-5-2-3-6-17(16)11-18/h2-3,5-6,8-9,11-12,14,19H,4,7,10,13,15H2,1H3,(H,24,27)/t19-/m0/s1. The second-order valence-corrected chi connectivity index (χ2v) is 7.45. The van der Waals surface area contributed by atoms with Gasteiger partial charge < -0.3 is 5.32 Å². The molecule has 1 atom stereocenters. The molecule has 6 heteroatoms. The fourth-order valence-electron chi connectivity index (χ4n) is 3.88. The molecule has 1 aromatic heterocycles. The summed E-state index contributed by atoms with van der Waals surface area (Å²) in [4.78, 5) is 27.4. The molecule has 28 heavy (non-hydrogen) atoms. The van der Waals surface area contributed by atoms with Gasteiger partial charge in [-0.3, -0.25) is 19.2 Å². The molecule has 0 unspecified atom stereocenters. The minimum atomic E-state index is -0.0770. The van der Waals surface area contributed by atoms with Crippen molar-refractivity contribution >= 4 is 28.2 Å². The van der Waals surface area contributed by atoms with Crippen LogP contribution < -0.4 is 5.32 Å². The fourth-order valence-corrected chi connectivity index (χ4v) is 3.88. The molecule has 0 saturated carbocycles. The van der Waals surface area contributed by atoms with Gasteiger partial charge in [-0.2, -0.15) is 5.10 Å². The number of piperidine rings is 1. The minimum absolute atomic E-state index is 0.0684. The molecule has 1 N–H and O–H groups in total. The van der Waals surface area contributed by atoms with Gasteiger partial charge in [0.15, 0.2) is 5.78 Å². The SMILES string of the molecule is Cn1cc(NC(=O)CN2CCC[C@H](C(=O)c3ccc4ccccc4c3)C2)cn1. The van der Waals surface area contributed by atoms with Crippen LogP contribution in [-0.4, -0.2) is 46.0 Å². The first-order chi connectivity index (χ1) is 13.6. The summed E-state index contributed by atoms with van der Waals surface area (Å²) in [7, 11) is 1.81. The summed E-state index contributed by atoms with van der Waals surface area (Å²) in [6, 6.07) is 14.0. The largest absolute Gasteiger partial charge is 0.322 e. The number of benzene rings is 2. The molecular weight excluding hydrogens is 352 g/mol. The van der Waals surface area contributed by atoms with E-state index in [1.165, 1.54) is 0 Å². The molecule has 1 amide bonds. The van der Waals surface area contributed by atoms with Crippen LogP contribution in [0.1, 0.15) is 23.2 Å². The zero-order valence-corrected chi connectivity index (χ0v) is 16.0. The van der Waals surface area contributed by atoms with Gasteiger partial charge in [-0.05, 0) is 36.2 Å². The van der Waals surface area contributed by atoms with Gasteiger partial charge in [-0.25, -0.2) is 0 Å². The Balaban J connectivity index is 1.39. The van der Waals surface area contributed by atoms with E-state index in [9.17, 15) is 9.59 Å². The number of fused-ring (bicyclic) bond motifs is 1. The maximum atomic E-state index is 13.0. The van der Waals surface area contributed by atoms with Crippen LogP contribution in [0, 0.1) is 5.92 Å². The quantitative estimate of drug-likeness (QED) is 0.695. The van der Waals surface area contributed by atoms with Crippen molar-refractivity contribution in [2.45, 2.75) is 12.8 Å². The first-order valence-electron chi connectivity index (χ1n) is 9.62. The van der Waals surface area contributed by atoms with E-state index in [4.69, 9.17) is 0 Å². The molecule has 1 saturated heterocycles. The lowest BCUT2D eigenvalue weighted by Gasteiger charge is -2.31. The van der Waals surface area contributed by atoms with Gasteiger partial charge in [0.25, 0.3) is 0 Å². The summed E-state index contributed by atoms with van der Waals surface area (Å²) < 4.78 is 1.65. The number of amides is 1. The second kappa shape index (κ2) is 7.94. The number of anilines is 1. The van der Waals surface area contributed by atoms with E-state index in [2.05, 4.69) is 15.3 Å². The molecule has 144 valence electrons. The zero-order chi connectivity index (χ0) is 19.5. The van der Waals surface area contributed by atoms with Crippen molar-refractivity contribution in [1.29, 1.82) is 0 Å². The Morgan fingerprint density at radius 2 is 2.00 bits per heavy atom. The molecular formula is C22H24N4O2. The predicted octanol–water partition coefficient (Wildman–Crippen LogP) is 3.11. The highest BCUT2D eigenvalue weighted by Gasteiger charge is 2.27. The summed E-state index contributed by atoms with van der Waals surface area (Å²) in [6.45, 7) is 1.74. The Morgan fingerprint density at radius 1 is 1.18 bits per heavy atom. The number of carbonyl (C=O) groups is 2. The number of aryl methyl sites for hydroxylation is 1. The molecule has 3 aromatic rings. The van der Waals surface area contributed by atoms with Crippen molar-refractivity contribution in [2.24, 2.45) is 13.0 Å². The van der Waals surface area contributed by atoms with Crippen molar-refractivity contribution in [3.8, 4) is 0 Å². The van der Waals surface area contributed by atoms with Gasteiger partial charge >= 0.3 is 0 Å². The molecule has 1 fully saturated rings. The van der Waals surface area contributed by atoms with E-state index in [0.29, 0.717) is 12.2 Å². The summed E-state index contributed by atoms with van der Waals surface area (Å²) >= 11 is 0. The van der Waals surface area contributed by atoms with Gasteiger partial charge in [0.2, 0.25) is 5.91 Å². The number of nitrogens with zero attached hydrogens (tertiary/aromatic N) is 3. The summed E-state index contributed by atoms with van der Waals surface area (Å²) in [5.41, 5.74) is 1.44. The van der Waals surface area contributed by atoms with Crippen molar-refractivity contribution in [1.82, 2.24) is 14.7 Å². The smallest absolute Gasteiger partial charge is 0.238 e. The maximum absolute atomic E-state index is 13.0. The van der Waals surface area contributed by atoms with Gasteiger partial charge in [-0.15, -0.1) is 0 Å². The van der Waals surface area contributed by atoms with Crippen LogP contribution >= 0.6 is 0 Å². The highest BCUT2D eigenvalue weighted by atomic mass is 16.2. The third kappa shape index (κ3) is 4.12. The van der Waals surface area contributed by atoms with Crippen LogP contribution in [0.2, 0.25) is 0 Å². The summed E-state index contributed by atoms with van der Waals surface area (Å²) in [6.07, 6.45) is 5.18. The Hall–Kier alpha value is -2.99. The Bertz CT molecular complexity index is 1010. The Morgan fingerprint density at radius 3 is 2.79 bits per heavy atom. The van der Waals surface area contributed by atoms with E-state index in [1.54, 1.807) is 17.1 Å². The van der Waals surface area contributed by atoms with Gasteiger partial charge in [0.1, 0.15) is 0 Å². The first kappa shape index (κ1) is 18.4. The lowest BCUT2D eigenvalue weighted by Crippen LogP contribution is -2.42. The van der Waals surface area contributed by atoms with Gasteiger partial charge in [0, 0.05) is 31.3 Å². The number of Topliss-reactive ketones (excluding diaryl/α,β-unsaturated/α-hetero) is 1. The maximum Gasteiger partial charge on any atom is 0.238 e. The number of carbonyl (C=O) groups excluding carboxylic acids is 2. The molecule has 2 aromatic carbocycles. The summed E-state index contributed by atoms with van der Waals surface area (Å²) in [5.74, 6) is 0.0241. The van der Waals surface area contributed by atoms with E-state index >= 15 is 0 Å². The third-order valence-corrected chi connectivity index (χ3v) is 5.27. The minimum Gasteiger partial charge on any atom is -0.322 e. The fraction of sp³-hybridized carbons (Fsp3) is 0.318. The molecule has 4 rings (SSSR count). The van der Waals surface area contributed by atoms with E-state index in [-0.39, 0.29) is 24.2 Å². The number of rotatable bonds is 5. The van der Waals surface area contributed by atoms with Crippen molar-refractivity contribution in [3.63, 3.8) is 0 Å². The number of nitrogens with one attached hydrogen (secondary N) is 1. The number of ketones is 1. The average Bonchev–Trinajstić information content (AvgIpc) is 3.11. The molecule has 0 bridgehead atoms. The van der Waals surface area contributed by atoms with Crippen molar-refractivity contribution in [2.75, 3.05) is 25.0 Å². The molecule has 6 nitrogen and oxygen atoms in total. The molecule has 1 aliphatic heterocycles. The molecule has 2 heterocycles. The molecule has 0 spiro atoms. The number of hydrogen-bond donors (Lipinski definition) is 1. The monoisotopic (exact) mass is 376 g/mol. The van der Waals surface area contributed by atoms with Crippen LogP contribution in [0.15, 0.2) is 54.9 Å². The molecule has 0 aliphatic carbocycles. The number of aromatic nitrogens is 2. The Labute approximate surface area is 164 Å². The lowest BCUT2D eigenvalue weighted by molar-refractivity contribution is -0.117. The predicted molar refractivity (Wildman–Crippen MR) is 109 cm³/mol. The number of likely N-dealkylation sites (tertiary alicyclic amines) is 1. The van der Waals surface area contributed by atoms with Crippen molar-refractivity contribution < 1.29 is 9.59 Å². The van der Waals surface area contributed by atoms with Crippen LogP contribution in [0.5, 0.6) is 0 Å². The van der Waals surface area contributed by atoms with Crippen LogP contribution in [-0.2, 0) is 11.8 Å². The molecule has 1 aliphatic rings. The van der Waals surface area contributed by atoms with Crippen LogP contribution in [0.3, 0.4) is 0 Å². The van der Waals surface area contributed by atoms with Crippen LogP contribution in [0.25, 0.3) is 10.8 Å². The highest BCUT2D eigenvalue weighted by molar-refractivity contribution is 6.01. The lowest BCUT2D eigenvalue weighted by atomic mass is 9.89. The van der Waals surface area contributed by atoms with Crippen LogP contribution in [0.4, 0.5) is 5.69 Å². The van der Waals surface area contributed by atoms with Crippen molar-refractivity contribution in [3.05, 3.63) is 60.4 Å². The second-order valence-electron chi connectivity index (χ2n) is 7.45. The topological polar surface area (TPSA) is 67.2 Å². The van der Waals surface area contributed by atoms with E-state index < -0.39 is 0 Å². The van der Waals surface area contributed by atoms with Gasteiger partial charge in [-0.1, -0.05) is 36.4 Å². The third-order valence-electron chi connectivity index (χ3n) is 5.27. The highest BCUT2D eigenvalue weighted by Crippen LogP contribution is 2.23. The zero-order valence-electron chi connectivity index (χ0n) is 16.0. The average molecular weight is 376 g/mol. The Kier molecular flexibility index (Phi) is 5.21. The normalized spacial score (nSPS) is 17.5. The summed E-state index contributed by atoms with van der Waals surface area (Å²) in [5, 5.41) is 9.12. The van der Waals surface area contributed by atoms with E-state index in [0.717, 1.165) is 35.7 Å². The number of hydrogen-bond acceptors (Lipinski definition) is 4.